The Labute approximate surface area is 122 Å². The molecule has 0 aliphatic rings. The molecule has 1 N–H and O–H groups in total. The van der Waals surface area contributed by atoms with Gasteiger partial charge >= 0.3 is 0 Å². The van der Waals surface area contributed by atoms with Gasteiger partial charge in [0.25, 0.3) is 0 Å². The summed E-state index contributed by atoms with van der Waals surface area (Å²) in [5.74, 6) is 0. The van der Waals surface area contributed by atoms with Crippen LogP contribution in [-0.4, -0.2) is 7.11 Å². The van der Waals surface area contributed by atoms with Crippen LogP contribution in [0.4, 0.5) is 0 Å². The molecule has 0 atom stereocenters. The van der Waals surface area contributed by atoms with Crippen LogP contribution in [0.5, 0.6) is 0 Å². The smallest absolute Gasteiger partial charge is 0.0713 e. The van der Waals surface area contributed by atoms with Gasteiger partial charge in [0.1, 0.15) is 0 Å². The third kappa shape index (κ3) is 4.46. The first-order valence-electron chi connectivity index (χ1n) is 6.30. The Hall–Kier alpha value is -1.16. The Morgan fingerprint density at radius 1 is 1.00 bits per heavy atom. The van der Waals surface area contributed by atoms with Crippen LogP contribution < -0.4 is 5.32 Å². The Morgan fingerprint density at radius 3 is 2.58 bits per heavy atom. The number of benzene rings is 2. The highest BCUT2D eigenvalue weighted by atomic mass is 79.9. The van der Waals surface area contributed by atoms with Crippen LogP contribution in [-0.2, 0) is 24.4 Å². The number of methoxy groups -OCH3 is 1. The molecule has 0 spiro atoms. The summed E-state index contributed by atoms with van der Waals surface area (Å²) in [5.41, 5.74) is 3.76. The molecule has 0 aliphatic carbocycles. The molecular weight excluding hydrogens is 302 g/mol. The number of hydrogen-bond acceptors (Lipinski definition) is 2. The fourth-order valence-corrected chi connectivity index (χ4v) is 2.40. The molecule has 0 saturated heterocycles. The van der Waals surface area contributed by atoms with Gasteiger partial charge in [0, 0.05) is 24.7 Å². The Bertz CT molecular complexity index is 528. The Balaban J connectivity index is 1.89. The number of rotatable bonds is 6. The van der Waals surface area contributed by atoms with Crippen molar-refractivity contribution in [1.29, 1.82) is 0 Å². The summed E-state index contributed by atoms with van der Waals surface area (Å²) in [6, 6.07) is 16.7. The summed E-state index contributed by atoms with van der Waals surface area (Å²) in [4.78, 5) is 0. The highest BCUT2D eigenvalue weighted by Gasteiger charge is 1.99. The SMILES string of the molecule is COCc1cccc(CNCc2ccccc2Br)c1. The molecule has 0 aliphatic heterocycles. The molecule has 0 amide bonds. The molecule has 0 radical (unpaired) electrons. The van der Waals surface area contributed by atoms with Crippen molar-refractivity contribution in [3.63, 3.8) is 0 Å². The van der Waals surface area contributed by atoms with E-state index in [0.29, 0.717) is 6.61 Å². The van der Waals surface area contributed by atoms with Gasteiger partial charge < -0.3 is 10.1 Å². The lowest BCUT2D eigenvalue weighted by Gasteiger charge is -2.08. The summed E-state index contributed by atoms with van der Waals surface area (Å²) in [7, 11) is 1.72. The standard InChI is InChI=1S/C16H18BrNO/c1-19-12-14-6-4-5-13(9-14)10-18-11-15-7-2-3-8-16(15)17/h2-9,18H,10-12H2,1H3. The van der Waals surface area contributed by atoms with Crippen molar-refractivity contribution in [3.05, 3.63) is 69.7 Å². The molecule has 2 rings (SSSR count). The van der Waals surface area contributed by atoms with Gasteiger partial charge in [-0.2, -0.15) is 0 Å². The van der Waals surface area contributed by atoms with Crippen LogP contribution in [0.2, 0.25) is 0 Å². The molecule has 3 heteroatoms. The maximum atomic E-state index is 5.15. The Kier molecular flexibility index (Phi) is 5.58. The van der Waals surface area contributed by atoms with E-state index >= 15 is 0 Å². The first kappa shape index (κ1) is 14.3. The largest absolute Gasteiger partial charge is 0.380 e. The van der Waals surface area contributed by atoms with Gasteiger partial charge in [-0.3, -0.25) is 0 Å². The zero-order valence-corrected chi connectivity index (χ0v) is 12.6. The quantitative estimate of drug-likeness (QED) is 0.872. The number of ether oxygens (including phenoxy) is 1. The summed E-state index contributed by atoms with van der Waals surface area (Å²) in [5, 5.41) is 3.46. The normalized spacial score (nSPS) is 10.6. The third-order valence-electron chi connectivity index (χ3n) is 2.90. The summed E-state index contributed by atoms with van der Waals surface area (Å²) >= 11 is 3.56. The molecule has 0 unspecified atom stereocenters. The van der Waals surface area contributed by atoms with E-state index in [9.17, 15) is 0 Å². The van der Waals surface area contributed by atoms with Crippen LogP contribution in [0.15, 0.2) is 53.0 Å². The molecule has 0 fully saturated rings. The third-order valence-corrected chi connectivity index (χ3v) is 3.68. The first-order valence-corrected chi connectivity index (χ1v) is 7.10. The van der Waals surface area contributed by atoms with E-state index in [0.717, 1.165) is 17.6 Å². The van der Waals surface area contributed by atoms with Crippen LogP contribution in [0.25, 0.3) is 0 Å². The van der Waals surface area contributed by atoms with E-state index in [1.54, 1.807) is 7.11 Å². The predicted molar refractivity (Wildman–Crippen MR) is 81.8 cm³/mol. The van der Waals surface area contributed by atoms with Crippen molar-refractivity contribution in [1.82, 2.24) is 5.32 Å². The van der Waals surface area contributed by atoms with E-state index in [4.69, 9.17) is 4.74 Å². The fourth-order valence-electron chi connectivity index (χ4n) is 1.98. The van der Waals surface area contributed by atoms with Crippen molar-refractivity contribution in [2.75, 3.05) is 7.11 Å². The molecule has 0 heterocycles. The van der Waals surface area contributed by atoms with E-state index in [2.05, 4.69) is 63.7 Å². The summed E-state index contributed by atoms with van der Waals surface area (Å²) in [6.45, 7) is 2.38. The topological polar surface area (TPSA) is 21.3 Å². The van der Waals surface area contributed by atoms with Gasteiger partial charge in [-0.05, 0) is 22.8 Å². The maximum absolute atomic E-state index is 5.15. The molecule has 100 valence electrons. The Morgan fingerprint density at radius 2 is 1.79 bits per heavy atom. The molecular formula is C16H18BrNO. The molecule has 2 aromatic rings. The van der Waals surface area contributed by atoms with Gasteiger partial charge in [-0.15, -0.1) is 0 Å². The van der Waals surface area contributed by atoms with Gasteiger partial charge in [0.15, 0.2) is 0 Å². The van der Waals surface area contributed by atoms with Gasteiger partial charge in [0.05, 0.1) is 6.61 Å². The lowest BCUT2D eigenvalue weighted by atomic mass is 10.1. The van der Waals surface area contributed by atoms with Gasteiger partial charge in [-0.25, -0.2) is 0 Å². The van der Waals surface area contributed by atoms with Crippen molar-refractivity contribution in [3.8, 4) is 0 Å². The lowest BCUT2D eigenvalue weighted by molar-refractivity contribution is 0.185. The van der Waals surface area contributed by atoms with E-state index in [1.807, 2.05) is 6.07 Å². The molecule has 19 heavy (non-hydrogen) atoms. The lowest BCUT2D eigenvalue weighted by Crippen LogP contribution is -2.13. The van der Waals surface area contributed by atoms with Crippen molar-refractivity contribution < 1.29 is 4.74 Å². The van der Waals surface area contributed by atoms with Crippen LogP contribution in [0.3, 0.4) is 0 Å². The van der Waals surface area contributed by atoms with Crippen molar-refractivity contribution in [2.24, 2.45) is 0 Å². The molecule has 0 saturated carbocycles. The van der Waals surface area contributed by atoms with Crippen LogP contribution >= 0.6 is 15.9 Å². The highest BCUT2D eigenvalue weighted by molar-refractivity contribution is 9.10. The highest BCUT2D eigenvalue weighted by Crippen LogP contribution is 2.15. The average molecular weight is 320 g/mol. The minimum Gasteiger partial charge on any atom is -0.380 e. The van der Waals surface area contributed by atoms with Crippen LogP contribution in [0, 0.1) is 0 Å². The van der Waals surface area contributed by atoms with E-state index in [-0.39, 0.29) is 0 Å². The van der Waals surface area contributed by atoms with Gasteiger partial charge in [0.2, 0.25) is 0 Å². The fraction of sp³-hybridized carbons (Fsp3) is 0.250. The monoisotopic (exact) mass is 319 g/mol. The van der Waals surface area contributed by atoms with E-state index in [1.165, 1.54) is 16.7 Å². The zero-order valence-electron chi connectivity index (χ0n) is 11.0. The predicted octanol–water partition coefficient (Wildman–Crippen LogP) is 3.89. The first-order chi connectivity index (χ1) is 9.29. The second kappa shape index (κ2) is 7.43. The number of halogens is 1. The zero-order chi connectivity index (χ0) is 13.5. The van der Waals surface area contributed by atoms with Crippen LogP contribution in [0.1, 0.15) is 16.7 Å². The van der Waals surface area contributed by atoms with Crippen molar-refractivity contribution >= 4 is 15.9 Å². The molecule has 2 aromatic carbocycles. The summed E-state index contributed by atoms with van der Waals surface area (Å²) in [6.07, 6.45) is 0. The molecule has 0 aromatic heterocycles. The van der Waals surface area contributed by atoms with Gasteiger partial charge in [-0.1, -0.05) is 58.4 Å². The number of hydrogen-bond donors (Lipinski definition) is 1. The summed E-state index contributed by atoms with van der Waals surface area (Å²) < 4.78 is 6.29. The second-order valence-corrected chi connectivity index (χ2v) is 5.30. The molecule has 0 bridgehead atoms. The average Bonchev–Trinajstić information content (AvgIpc) is 2.42. The van der Waals surface area contributed by atoms with E-state index < -0.39 is 0 Å². The second-order valence-electron chi connectivity index (χ2n) is 4.45. The maximum Gasteiger partial charge on any atom is 0.0713 e. The molecule has 2 nitrogen and oxygen atoms in total. The number of nitrogens with one attached hydrogen (secondary N) is 1. The minimum atomic E-state index is 0.665. The van der Waals surface area contributed by atoms with Crippen molar-refractivity contribution in [2.45, 2.75) is 19.7 Å². The minimum absolute atomic E-state index is 0.665.